The van der Waals surface area contributed by atoms with Crippen LogP contribution in [-0.4, -0.2) is 98.9 Å². The number of nitrogens with zero attached hydrogens (tertiary/aromatic N) is 1. The number of hydrogen-bond donors (Lipinski definition) is 3. The SMILES string of the molecule is CCCCCC(C(=O)NCNC(=O)c1ccc(-c2ccc(C(=O)NC(CC(=O)OCc3ccccc3)C(=O)OCc3ccccc3)c(OCC)c2)o1)[C@@H](CC)N(C=O)OC(=O)c1ccc(OCCOCCOCc2ccccc2)cc1. The molecule has 0 fully saturated rings. The van der Waals surface area contributed by atoms with E-state index in [4.69, 9.17) is 37.7 Å². The monoisotopic (exact) mass is 1110 g/mol. The van der Waals surface area contributed by atoms with E-state index in [1.54, 1.807) is 86.6 Å². The van der Waals surface area contributed by atoms with E-state index < -0.39 is 60.1 Å². The number of ether oxygens (including phenoxy) is 6. The van der Waals surface area contributed by atoms with Crippen molar-refractivity contribution >= 4 is 42.0 Å². The van der Waals surface area contributed by atoms with Crippen LogP contribution in [0.25, 0.3) is 11.3 Å². The summed E-state index contributed by atoms with van der Waals surface area (Å²) < 4.78 is 39.7. The molecule has 6 rings (SSSR count). The number of furan rings is 1. The van der Waals surface area contributed by atoms with Gasteiger partial charge in [0.1, 0.15) is 43.1 Å². The molecule has 0 radical (unpaired) electrons. The molecule has 4 amide bonds. The van der Waals surface area contributed by atoms with Crippen molar-refractivity contribution in [2.24, 2.45) is 5.92 Å². The van der Waals surface area contributed by atoms with Crippen molar-refractivity contribution in [1.29, 1.82) is 0 Å². The molecule has 3 N–H and O–H groups in total. The highest BCUT2D eigenvalue weighted by atomic mass is 16.7. The Kier molecular flexibility index (Phi) is 25.5. The van der Waals surface area contributed by atoms with Gasteiger partial charge < -0.3 is 53.6 Å². The van der Waals surface area contributed by atoms with Crippen LogP contribution in [0.15, 0.2) is 150 Å². The molecule has 2 unspecified atom stereocenters. The Labute approximate surface area is 471 Å². The van der Waals surface area contributed by atoms with Gasteiger partial charge in [0.05, 0.1) is 69.2 Å². The van der Waals surface area contributed by atoms with Crippen molar-refractivity contribution in [2.75, 3.05) is 39.7 Å². The zero-order chi connectivity index (χ0) is 57.6. The maximum Gasteiger partial charge on any atom is 0.363 e. The lowest BCUT2D eigenvalue weighted by molar-refractivity contribution is -0.171. The summed E-state index contributed by atoms with van der Waals surface area (Å²) in [5.41, 5.74) is 3.16. The molecule has 0 spiro atoms. The summed E-state index contributed by atoms with van der Waals surface area (Å²) in [5.74, 6) is -4.29. The van der Waals surface area contributed by atoms with Gasteiger partial charge in [-0.1, -0.05) is 130 Å². The molecule has 0 saturated heterocycles. The zero-order valence-electron chi connectivity index (χ0n) is 45.8. The smallest absolute Gasteiger partial charge is 0.363 e. The predicted octanol–water partition coefficient (Wildman–Crippen LogP) is 8.94. The van der Waals surface area contributed by atoms with Gasteiger partial charge in [0.15, 0.2) is 5.76 Å². The largest absolute Gasteiger partial charge is 0.493 e. The van der Waals surface area contributed by atoms with Crippen LogP contribution in [0, 0.1) is 5.92 Å². The molecule has 1 heterocycles. The first-order chi connectivity index (χ1) is 39.5. The summed E-state index contributed by atoms with van der Waals surface area (Å²) in [6, 6.07) is 39.3. The maximum absolute atomic E-state index is 13.9. The number of unbranched alkanes of at least 4 members (excludes halogenated alkanes) is 2. The Bertz CT molecular complexity index is 2920. The number of esters is 2. The third kappa shape index (κ3) is 20.1. The molecule has 19 nitrogen and oxygen atoms in total. The molecule has 6 aromatic rings. The number of benzene rings is 5. The highest BCUT2D eigenvalue weighted by Gasteiger charge is 2.34. The molecule has 0 aliphatic heterocycles. The van der Waals surface area contributed by atoms with Crippen molar-refractivity contribution in [3.8, 4) is 22.8 Å². The third-order valence-corrected chi connectivity index (χ3v) is 12.6. The Balaban J connectivity index is 1.01. The highest BCUT2D eigenvalue weighted by Crippen LogP contribution is 2.30. The number of amides is 4. The Morgan fingerprint density at radius 3 is 1.93 bits per heavy atom. The Morgan fingerprint density at radius 1 is 0.642 bits per heavy atom. The summed E-state index contributed by atoms with van der Waals surface area (Å²) in [5, 5.41) is 8.86. The fraction of sp³-hybridized carbons (Fsp3) is 0.339. The molecule has 428 valence electrons. The minimum absolute atomic E-state index is 0.0344. The average Bonchev–Trinajstić information content (AvgIpc) is 4.15. The van der Waals surface area contributed by atoms with Crippen molar-refractivity contribution in [3.63, 3.8) is 0 Å². The van der Waals surface area contributed by atoms with E-state index >= 15 is 0 Å². The second-order valence-electron chi connectivity index (χ2n) is 18.4. The van der Waals surface area contributed by atoms with Gasteiger partial charge in [-0.15, -0.1) is 0 Å². The van der Waals surface area contributed by atoms with Crippen LogP contribution in [0.2, 0.25) is 0 Å². The number of hydroxylamine groups is 2. The topological polar surface area (TPSA) is 237 Å². The molecule has 81 heavy (non-hydrogen) atoms. The fourth-order valence-electron chi connectivity index (χ4n) is 8.37. The first kappa shape index (κ1) is 61.4. The van der Waals surface area contributed by atoms with E-state index in [1.807, 2.05) is 49.4 Å². The fourth-order valence-corrected chi connectivity index (χ4v) is 8.37. The summed E-state index contributed by atoms with van der Waals surface area (Å²) in [4.78, 5) is 98.9. The van der Waals surface area contributed by atoms with Crippen molar-refractivity contribution < 1.29 is 71.2 Å². The number of carbonyl (C=O) groups is 7. The van der Waals surface area contributed by atoms with Gasteiger partial charge in [-0.05, 0) is 85.0 Å². The van der Waals surface area contributed by atoms with Gasteiger partial charge in [0.2, 0.25) is 12.3 Å². The second kappa shape index (κ2) is 33.6. The number of carbonyl (C=O) groups excluding carboxylic acids is 7. The lowest BCUT2D eigenvalue weighted by Gasteiger charge is -2.31. The van der Waals surface area contributed by atoms with Crippen molar-refractivity contribution in [1.82, 2.24) is 21.0 Å². The molecular formula is C62H70N4O15. The van der Waals surface area contributed by atoms with Crippen LogP contribution in [0.4, 0.5) is 0 Å². The first-order valence-electron chi connectivity index (χ1n) is 27.0. The van der Waals surface area contributed by atoms with E-state index in [0.29, 0.717) is 62.6 Å². The van der Waals surface area contributed by atoms with Gasteiger partial charge in [-0.25, -0.2) is 9.59 Å². The molecule has 1 aromatic heterocycles. The van der Waals surface area contributed by atoms with E-state index in [1.165, 1.54) is 30.3 Å². The molecule has 0 aliphatic rings. The predicted molar refractivity (Wildman–Crippen MR) is 298 cm³/mol. The van der Waals surface area contributed by atoms with Crippen molar-refractivity contribution in [3.05, 3.63) is 179 Å². The lowest BCUT2D eigenvalue weighted by atomic mass is 9.90. The molecule has 0 aliphatic carbocycles. The number of nitrogens with one attached hydrogen (secondary N) is 3. The van der Waals surface area contributed by atoms with E-state index in [2.05, 4.69) is 16.0 Å². The average molecular weight is 1110 g/mol. The van der Waals surface area contributed by atoms with Crippen LogP contribution in [0.3, 0.4) is 0 Å². The summed E-state index contributed by atoms with van der Waals surface area (Å²) in [6.45, 7) is 7.19. The molecular weight excluding hydrogens is 1040 g/mol. The van der Waals surface area contributed by atoms with Crippen LogP contribution < -0.4 is 25.4 Å². The normalized spacial score (nSPS) is 11.9. The zero-order valence-corrected chi connectivity index (χ0v) is 45.8. The van der Waals surface area contributed by atoms with Crippen LogP contribution in [-0.2, 0) is 62.8 Å². The summed E-state index contributed by atoms with van der Waals surface area (Å²) in [7, 11) is 0. The number of hydrogen-bond acceptors (Lipinski definition) is 15. The molecule has 19 heteroatoms. The minimum Gasteiger partial charge on any atom is -0.493 e. The van der Waals surface area contributed by atoms with Gasteiger partial charge >= 0.3 is 17.9 Å². The molecule has 0 saturated carbocycles. The molecule has 5 aromatic carbocycles. The van der Waals surface area contributed by atoms with Crippen LogP contribution >= 0.6 is 0 Å². The quantitative estimate of drug-likeness (QED) is 0.0111. The highest BCUT2D eigenvalue weighted by molar-refractivity contribution is 6.00. The first-order valence-corrected chi connectivity index (χ1v) is 27.0. The Morgan fingerprint density at radius 2 is 1.28 bits per heavy atom. The summed E-state index contributed by atoms with van der Waals surface area (Å²) >= 11 is 0. The molecule has 3 atom stereocenters. The molecule has 0 bridgehead atoms. The van der Waals surface area contributed by atoms with Crippen LogP contribution in [0.1, 0.15) is 107 Å². The third-order valence-electron chi connectivity index (χ3n) is 12.6. The minimum atomic E-state index is -1.41. The number of rotatable bonds is 35. The van der Waals surface area contributed by atoms with E-state index in [-0.39, 0.29) is 67.9 Å². The van der Waals surface area contributed by atoms with Gasteiger partial charge in [-0.3, -0.25) is 24.0 Å². The van der Waals surface area contributed by atoms with Crippen LogP contribution in [0.5, 0.6) is 11.5 Å². The van der Waals surface area contributed by atoms with Gasteiger partial charge in [0, 0.05) is 5.56 Å². The second-order valence-corrected chi connectivity index (χ2v) is 18.4. The standard InChI is InChI=1S/C62H70N4O15/c1-4-7-11-24-50(53(5-2)66(43-67)81-61(72)47-25-28-49(29-26-47)77-36-35-74-33-34-75-39-44-18-12-8-13-19-44)58(69)63-42-64-60(71)55-32-31-54(80-55)48-27-30-51(56(37-48)76-6-3)59(70)65-52(62(73)79-41-46-22-16-10-17-23-46)38-57(68)78-40-45-20-14-9-15-21-45/h8-10,12-23,25-32,37,43,50,52-53H,4-7,11,24,33-36,38-42H2,1-3H3,(H,63,69)(H,64,71)(H,65,70)/t50?,52?,53-/m1/s1. The lowest BCUT2D eigenvalue weighted by Crippen LogP contribution is -2.49. The van der Waals surface area contributed by atoms with E-state index in [0.717, 1.165) is 29.0 Å². The summed E-state index contributed by atoms with van der Waals surface area (Å²) in [6.07, 6.45) is 2.82. The maximum atomic E-state index is 13.9. The van der Waals surface area contributed by atoms with E-state index in [9.17, 15) is 33.6 Å². The van der Waals surface area contributed by atoms with Gasteiger partial charge in [-0.2, -0.15) is 5.06 Å². The van der Waals surface area contributed by atoms with Gasteiger partial charge in [0.25, 0.3) is 11.8 Å². The van der Waals surface area contributed by atoms with Crippen molar-refractivity contribution in [2.45, 2.75) is 91.2 Å². The Hall–Kier alpha value is -8.81.